The fourth-order valence-electron chi connectivity index (χ4n) is 1.03. The Morgan fingerprint density at radius 1 is 1.33 bits per heavy atom. The quantitative estimate of drug-likeness (QED) is 0.363. The summed E-state index contributed by atoms with van der Waals surface area (Å²) in [5.74, 6) is 0. The highest BCUT2D eigenvalue weighted by molar-refractivity contribution is 4.75. The summed E-state index contributed by atoms with van der Waals surface area (Å²) in [6, 6.07) is -0.372. The van der Waals surface area contributed by atoms with Gasteiger partial charge in [-0.05, 0) is 14.1 Å². The maximum absolute atomic E-state index is 9.41. The molecular weight excluding hydrogens is 160 g/mol. The minimum atomic E-state index is -1.03. The molecule has 0 saturated heterocycles. The predicted octanol–water partition coefficient (Wildman–Crippen LogP) is -2.06. The van der Waals surface area contributed by atoms with Gasteiger partial charge in [0.2, 0.25) is 0 Å². The predicted molar refractivity (Wildman–Crippen MR) is 45.4 cm³/mol. The zero-order valence-corrected chi connectivity index (χ0v) is 7.51. The Hall–Kier alpha value is -0.200. The van der Waals surface area contributed by atoms with Crippen molar-refractivity contribution in [3.8, 4) is 0 Å². The van der Waals surface area contributed by atoms with E-state index in [9.17, 15) is 5.11 Å². The summed E-state index contributed by atoms with van der Waals surface area (Å²) < 4.78 is 0. The second-order valence-corrected chi connectivity index (χ2v) is 3.08. The normalized spacial score (nSPS) is 19.2. The average molecular weight is 178 g/mol. The third kappa shape index (κ3) is 3.99. The molecule has 5 N–H and O–H groups in total. The van der Waals surface area contributed by atoms with Gasteiger partial charge < -0.3 is 26.0 Å². The van der Waals surface area contributed by atoms with E-state index in [0.29, 0.717) is 0 Å². The van der Waals surface area contributed by atoms with Crippen LogP contribution >= 0.6 is 0 Å². The number of nitrogens with zero attached hydrogens (tertiary/aromatic N) is 1. The molecule has 0 aromatic carbocycles. The number of likely N-dealkylation sites (N-methyl/N-ethyl adjacent to an activating group) is 1. The second-order valence-electron chi connectivity index (χ2n) is 3.08. The molecule has 0 aliphatic rings. The molecule has 74 valence electrons. The maximum atomic E-state index is 9.41. The van der Waals surface area contributed by atoms with Crippen LogP contribution in [0.5, 0.6) is 0 Å². The lowest BCUT2D eigenvalue weighted by Gasteiger charge is -2.27. The van der Waals surface area contributed by atoms with E-state index in [1.54, 1.807) is 19.0 Å². The van der Waals surface area contributed by atoms with Crippen LogP contribution in [0.25, 0.3) is 0 Å². The summed E-state index contributed by atoms with van der Waals surface area (Å²) in [5, 5.41) is 27.0. The first kappa shape index (κ1) is 11.8. The van der Waals surface area contributed by atoms with Crippen molar-refractivity contribution >= 4 is 0 Å². The summed E-state index contributed by atoms with van der Waals surface area (Å²) in [5.41, 5.74) is 5.08. The average Bonchev–Trinajstić information content (AvgIpc) is 1.85. The van der Waals surface area contributed by atoms with Crippen molar-refractivity contribution in [2.45, 2.75) is 24.8 Å². The van der Waals surface area contributed by atoms with Gasteiger partial charge in [0.1, 0.15) is 6.23 Å². The Bertz CT molecular complexity index is 119. The Morgan fingerprint density at radius 2 is 1.83 bits per heavy atom. The highest BCUT2D eigenvalue weighted by Crippen LogP contribution is 2.04. The van der Waals surface area contributed by atoms with Crippen LogP contribution in [-0.4, -0.2) is 59.3 Å². The highest BCUT2D eigenvalue weighted by Gasteiger charge is 2.21. The zero-order chi connectivity index (χ0) is 9.72. The standard InChI is InChI=1S/C7H18N2O3/c1-9(2)5(4-10)6(11)3-7(8)12/h5-7,10-12H,3-4,8H2,1-2H3. The van der Waals surface area contributed by atoms with Crippen molar-refractivity contribution in [2.75, 3.05) is 20.7 Å². The minimum Gasteiger partial charge on any atom is -0.395 e. The molecule has 3 atom stereocenters. The molecule has 0 heterocycles. The molecule has 12 heavy (non-hydrogen) atoms. The molecule has 0 amide bonds. The van der Waals surface area contributed by atoms with Crippen molar-refractivity contribution < 1.29 is 15.3 Å². The molecule has 5 nitrogen and oxygen atoms in total. The van der Waals surface area contributed by atoms with Gasteiger partial charge in [0.05, 0.1) is 18.8 Å². The van der Waals surface area contributed by atoms with Crippen LogP contribution in [0.4, 0.5) is 0 Å². The molecule has 0 fully saturated rings. The molecular formula is C7H18N2O3. The monoisotopic (exact) mass is 178 g/mol. The van der Waals surface area contributed by atoms with E-state index in [2.05, 4.69) is 0 Å². The number of rotatable bonds is 5. The van der Waals surface area contributed by atoms with Crippen LogP contribution in [0.15, 0.2) is 0 Å². The molecule has 3 unspecified atom stereocenters. The number of hydrogen-bond donors (Lipinski definition) is 4. The molecule has 0 spiro atoms. The summed E-state index contributed by atoms with van der Waals surface area (Å²) in [6.07, 6.45) is -1.76. The Balaban J connectivity index is 3.94. The third-order valence-electron chi connectivity index (χ3n) is 1.78. The molecule has 5 heteroatoms. The van der Waals surface area contributed by atoms with E-state index in [-0.39, 0.29) is 19.1 Å². The zero-order valence-electron chi connectivity index (χ0n) is 7.51. The molecule has 0 aliphatic heterocycles. The molecule has 0 radical (unpaired) electrons. The van der Waals surface area contributed by atoms with Crippen molar-refractivity contribution in [3.05, 3.63) is 0 Å². The Labute approximate surface area is 72.4 Å². The lowest BCUT2D eigenvalue weighted by Crippen LogP contribution is -2.44. The SMILES string of the molecule is CN(C)C(CO)C(O)CC(N)O. The molecule has 0 rings (SSSR count). The fraction of sp³-hybridized carbons (Fsp3) is 1.00. The largest absolute Gasteiger partial charge is 0.395 e. The van der Waals surface area contributed by atoms with Gasteiger partial charge in [0.25, 0.3) is 0 Å². The number of aliphatic hydroxyl groups is 3. The molecule has 0 aromatic rings. The van der Waals surface area contributed by atoms with Gasteiger partial charge in [-0.3, -0.25) is 0 Å². The van der Waals surface area contributed by atoms with Crippen molar-refractivity contribution in [2.24, 2.45) is 5.73 Å². The second kappa shape index (κ2) is 5.45. The van der Waals surface area contributed by atoms with Crippen molar-refractivity contribution in [1.29, 1.82) is 0 Å². The van der Waals surface area contributed by atoms with Crippen LogP contribution < -0.4 is 5.73 Å². The molecule has 0 aromatic heterocycles. The fourth-order valence-corrected chi connectivity index (χ4v) is 1.03. The van der Waals surface area contributed by atoms with E-state index in [0.717, 1.165) is 0 Å². The van der Waals surface area contributed by atoms with Crippen LogP contribution in [0.3, 0.4) is 0 Å². The van der Waals surface area contributed by atoms with E-state index in [1.807, 2.05) is 0 Å². The molecule has 0 bridgehead atoms. The maximum Gasteiger partial charge on any atom is 0.104 e. The van der Waals surface area contributed by atoms with Crippen molar-refractivity contribution in [3.63, 3.8) is 0 Å². The van der Waals surface area contributed by atoms with Crippen molar-refractivity contribution in [1.82, 2.24) is 4.90 Å². The molecule has 0 saturated carbocycles. The van der Waals surface area contributed by atoms with Crippen LogP contribution in [0.1, 0.15) is 6.42 Å². The number of hydrogen-bond acceptors (Lipinski definition) is 5. The summed E-state index contributed by atoms with van der Waals surface area (Å²) >= 11 is 0. The van der Waals surface area contributed by atoms with Gasteiger partial charge in [0, 0.05) is 6.42 Å². The molecule has 0 aliphatic carbocycles. The topological polar surface area (TPSA) is 90.0 Å². The first-order valence-corrected chi connectivity index (χ1v) is 3.88. The summed E-state index contributed by atoms with van der Waals surface area (Å²) in [4.78, 5) is 1.69. The third-order valence-corrected chi connectivity index (χ3v) is 1.78. The van der Waals surface area contributed by atoms with Gasteiger partial charge in [-0.25, -0.2) is 0 Å². The first-order valence-electron chi connectivity index (χ1n) is 3.88. The summed E-state index contributed by atoms with van der Waals surface area (Å²) in [7, 11) is 3.49. The van der Waals surface area contributed by atoms with E-state index >= 15 is 0 Å². The Morgan fingerprint density at radius 3 is 2.08 bits per heavy atom. The van der Waals surface area contributed by atoms with Gasteiger partial charge in [0.15, 0.2) is 0 Å². The van der Waals surface area contributed by atoms with E-state index < -0.39 is 12.3 Å². The smallest absolute Gasteiger partial charge is 0.104 e. The number of nitrogens with two attached hydrogens (primary N) is 1. The lowest BCUT2D eigenvalue weighted by molar-refractivity contribution is 0.00735. The first-order chi connectivity index (χ1) is 5.49. The highest BCUT2D eigenvalue weighted by atomic mass is 16.3. The van der Waals surface area contributed by atoms with E-state index in [4.69, 9.17) is 15.9 Å². The lowest BCUT2D eigenvalue weighted by atomic mass is 10.1. The van der Waals surface area contributed by atoms with Crippen LogP contribution in [-0.2, 0) is 0 Å². The summed E-state index contributed by atoms with van der Waals surface area (Å²) in [6.45, 7) is -0.152. The van der Waals surface area contributed by atoms with Gasteiger partial charge in [-0.15, -0.1) is 0 Å². The Kier molecular flexibility index (Phi) is 5.36. The van der Waals surface area contributed by atoms with Gasteiger partial charge in [-0.1, -0.05) is 0 Å². The van der Waals surface area contributed by atoms with E-state index in [1.165, 1.54) is 0 Å². The van der Waals surface area contributed by atoms with Crippen LogP contribution in [0.2, 0.25) is 0 Å². The minimum absolute atomic E-state index is 0.0728. The van der Waals surface area contributed by atoms with Gasteiger partial charge in [-0.2, -0.15) is 0 Å². The van der Waals surface area contributed by atoms with Gasteiger partial charge >= 0.3 is 0 Å². The van der Waals surface area contributed by atoms with Crippen LogP contribution in [0, 0.1) is 0 Å². The number of aliphatic hydroxyl groups excluding tert-OH is 3.